The molecule has 22 heavy (non-hydrogen) atoms. The van der Waals surface area contributed by atoms with Crippen molar-refractivity contribution in [2.45, 2.75) is 0 Å². The van der Waals surface area contributed by atoms with Crippen LogP contribution in [0.5, 0.6) is 0 Å². The van der Waals surface area contributed by atoms with Gasteiger partial charge in [-0.15, -0.1) is 0 Å². The minimum Gasteiger partial charge on any atom is -0.321 e. The molecule has 0 spiro atoms. The Morgan fingerprint density at radius 3 is 2.23 bits per heavy atom. The first-order chi connectivity index (χ1) is 10.7. The zero-order valence-corrected chi connectivity index (χ0v) is 12.3. The lowest BCUT2D eigenvalue weighted by Gasteiger charge is -2.07. The van der Waals surface area contributed by atoms with Crippen molar-refractivity contribution in [3.63, 3.8) is 0 Å². The number of aromatic nitrogens is 2. The predicted molar refractivity (Wildman–Crippen MR) is 86.9 cm³/mol. The zero-order chi connectivity index (χ0) is 15.4. The maximum atomic E-state index is 12.2. The molecule has 1 N–H and O–H groups in total. The molecule has 1 heterocycles. The van der Waals surface area contributed by atoms with E-state index < -0.39 is 0 Å². The normalized spacial score (nSPS) is 10.2. The number of amides is 1. The minimum atomic E-state index is -0.298. The molecule has 0 bridgehead atoms. The van der Waals surface area contributed by atoms with Crippen LogP contribution in [-0.2, 0) is 0 Å². The van der Waals surface area contributed by atoms with E-state index in [0.717, 1.165) is 5.56 Å². The van der Waals surface area contributed by atoms with E-state index in [0.29, 0.717) is 22.1 Å². The highest BCUT2D eigenvalue weighted by Crippen LogP contribution is 2.21. The van der Waals surface area contributed by atoms with Gasteiger partial charge in [0.25, 0.3) is 5.91 Å². The van der Waals surface area contributed by atoms with Crippen LogP contribution >= 0.6 is 11.6 Å². The van der Waals surface area contributed by atoms with Crippen LogP contribution < -0.4 is 5.32 Å². The summed E-state index contributed by atoms with van der Waals surface area (Å²) in [4.78, 5) is 20.6. The highest BCUT2D eigenvalue weighted by molar-refractivity contribution is 6.33. The Morgan fingerprint density at radius 2 is 1.55 bits per heavy atom. The van der Waals surface area contributed by atoms with Crippen molar-refractivity contribution in [1.29, 1.82) is 0 Å². The van der Waals surface area contributed by atoms with Crippen molar-refractivity contribution in [2.75, 3.05) is 5.32 Å². The number of nitrogens with one attached hydrogen (secondary N) is 1. The number of anilines is 1. The highest BCUT2D eigenvalue weighted by atomic mass is 35.5. The summed E-state index contributed by atoms with van der Waals surface area (Å²) in [5.41, 5.74) is 1.83. The van der Waals surface area contributed by atoms with Crippen molar-refractivity contribution >= 4 is 23.2 Å². The summed E-state index contributed by atoms with van der Waals surface area (Å²) < 4.78 is 0. The molecule has 1 aromatic heterocycles. The smallest absolute Gasteiger partial charge is 0.258 e. The Morgan fingerprint density at radius 1 is 0.909 bits per heavy atom. The second kappa shape index (κ2) is 6.37. The third-order valence-corrected chi connectivity index (χ3v) is 3.40. The SMILES string of the molecule is O=C(Nc1ccccc1Cl)c1cnc(-c2ccccc2)nc1. The van der Waals surface area contributed by atoms with Gasteiger partial charge in [-0.2, -0.15) is 0 Å². The molecule has 0 aliphatic heterocycles. The number of carbonyl (C=O) groups excluding carboxylic acids is 1. The van der Waals surface area contributed by atoms with Gasteiger partial charge < -0.3 is 5.32 Å². The Hall–Kier alpha value is -2.72. The minimum absolute atomic E-state index is 0.298. The van der Waals surface area contributed by atoms with E-state index in [1.165, 1.54) is 12.4 Å². The Labute approximate surface area is 132 Å². The van der Waals surface area contributed by atoms with Gasteiger partial charge in [-0.25, -0.2) is 9.97 Å². The van der Waals surface area contributed by atoms with Crippen LogP contribution in [0, 0.1) is 0 Å². The molecular formula is C17H12ClN3O. The van der Waals surface area contributed by atoms with Gasteiger partial charge in [0.05, 0.1) is 16.3 Å². The molecule has 0 aliphatic carbocycles. The first-order valence-electron chi connectivity index (χ1n) is 6.67. The number of hydrogen-bond donors (Lipinski definition) is 1. The van der Waals surface area contributed by atoms with Crippen molar-refractivity contribution in [3.8, 4) is 11.4 Å². The second-order valence-corrected chi connectivity index (χ2v) is 5.00. The molecule has 0 saturated carbocycles. The van der Waals surface area contributed by atoms with E-state index >= 15 is 0 Å². The van der Waals surface area contributed by atoms with Gasteiger partial charge in [0, 0.05) is 18.0 Å². The van der Waals surface area contributed by atoms with E-state index in [9.17, 15) is 4.79 Å². The van der Waals surface area contributed by atoms with Crippen LogP contribution in [0.2, 0.25) is 5.02 Å². The van der Waals surface area contributed by atoms with Gasteiger partial charge in [0.1, 0.15) is 0 Å². The Bertz CT molecular complexity index is 789. The molecule has 5 heteroatoms. The van der Waals surface area contributed by atoms with Crippen molar-refractivity contribution < 1.29 is 4.79 Å². The lowest BCUT2D eigenvalue weighted by atomic mass is 10.2. The lowest BCUT2D eigenvalue weighted by molar-refractivity contribution is 0.102. The predicted octanol–water partition coefficient (Wildman–Crippen LogP) is 4.05. The fourth-order valence-corrected chi connectivity index (χ4v) is 2.12. The van der Waals surface area contributed by atoms with Crippen LogP contribution in [0.15, 0.2) is 67.0 Å². The van der Waals surface area contributed by atoms with E-state index in [2.05, 4.69) is 15.3 Å². The van der Waals surface area contributed by atoms with Gasteiger partial charge in [0.2, 0.25) is 0 Å². The molecule has 2 aromatic carbocycles. The monoisotopic (exact) mass is 309 g/mol. The molecular weight excluding hydrogens is 298 g/mol. The molecule has 0 aliphatic rings. The van der Waals surface area contributed by atoms with Crippen molar-refractivity contribution in [1.82, 2.24) is 9.97 Å². The standard InChI is InChI=1S/C17H12ClN3O/c18-14-8-4-5-9-15(14)21-17(22)13-10-19-16(20-11-13)12-6-2-1-3-7-12/h1-11H,(H,21,22). The average molecular weight is 310 g/mol. The summed E-state index contributed by atoms with van der Waals surface area (Å²) in [6.07, 6.45) is 3.00. The van der Waals surface area contributed by atoms with E-state index in [1.807, 2.05) is 30.3 Å². The quantitative estimate of drug-likeness (QED) is 0.794. The van der Waals surface area contributed by atoms with E-state index in [-0.39, 0.29) is 5.91 Å². The van der Waals surface area contributed by atoms with Crippen LogP contribution in [0.1, 0.15) is 10.4 Å². The van der Waals surface area contributed by atoms with Gasteiger partial charge in [-0.1, -0.05) is 54.1 Å². The second-order valence-electron chi connectivity index (χ2n) is 4.60. The van der Waals surface area contributed by atoms with Gasteiger partial charge in [-0.3, -0.25) is 4.79 Å². The summed E-state index contributed by atoms with van der Waals surface area (Å²) in [7, 11) is 0. The molecule has 1 amide bonds. The molecule has 0 unspecified atom stereocenters. The number of para-hydroxylation sites is 1. The number of hydrogen-bond acceptors (Lipinski definition) is 3. The maximum absolute atomic E-state index is 12.2. The third-order valence-electron chi connectivity index (χ3n) is 3.07. The molecule has 3 aromatic rings. The number of rotatable bonds is 3. The first kappa shape index (κ1) is 14.2. The first-order valence-corrected chi connectivity index (χ1v) is 7.05. The number of carbonyl (C=O) groups is 1. The molecule has 4 nitrogen and oxygen atoms in total. The summed E-state index contributed by atoms with van der Waals surface area (Å²) in [5.74, 6) is 0.280. The maximum Gasteiger partial charge on any atom is 0.258 e. The lowest BCUT2D eigenvalue weighted by Crippen LogP contribution is -2.13. The zero-order valence-electron chi connectivity index (χ0n) is 11.5. The number of halogens is 1. The average Bonchev–Trinajstić information content (AvgIpc) is 2.58. The van der Waals surface area contributed by atoms with Crippen LogP contribution in [0.25, 0.3) is 11.4 Å². The number of nitrogens with zero attached hydrogens (tertiary/aromatic N) is 2. The van der Waals surface area contributed by atoms with E-state index in [4.69, 9.17) is 11.6 Å². The summed E-state index contributed by atoms with van der Waals surface area (Å²) in [6, 6.07) is 16.6. The van der Waals surface area contributed by atoms with Crippen LogP contribution in [0.4, 0.5) is 5.69 Å². The Balaban J connectivity index is 1.78. The topological polar surface area (TPSA) is 54.9 Å². The van der Waals surface area contributed by atoms with Gasteiger partial charge in [0.15, 0.2) is 5.82 Å². The fraction of sp³-hybridized carbons (Fsp3) is 0. The highest BCUT2D eigenvalue weighted by Gasteiger charge is 2.10. The van der Waals surface area contributed by atoms with Gasteiger partial charge >= 0.3 is 0 Å². The van der Waals surface area contributed by atoms with Crippen LogP contribution in [-0.4, -0.2) is 15.9 Å². The molecule has 108 valence electrons. The summed E-state index contributed by atoms with van der Waals surface area (Å²) >= 11 is 6.02. The van der Waals surface area contributed by atoms with Crippen molar-refractivity contribution in [3.05, 3.63) is 77.6 Å². The molecule has 0 atom stereocenters. The largest absolute Gasteiger partial charge is 0.321 e. The number of benzene rings is 2. The Kier molecular flexibility index (Phi) is 4.12. The van der Waals surface area contributed by atoms with Crippen molar-refractivity contribution in [2.24, 2.45) is 0 Å². The van der Waals surface area contributed by atoms with Gasteiger partial charge in [-0.05, 0) is 12.1 Å². The third kappa shape index (κ3) is 3.13. The molecule has 3 rings (SSSR count). The van der Waals surface area contributed by atoms with E-state index in [1.54, 1.807) is 24.3 Å². The summed E-state index contributed by atoms with van der Waals surface area (Å²) in [6.45, 7) is 0. The molecule has 0 radical (unpaired) electrons. The molecule has 0 fully saturated rings. The fourth-order valence-electron chi connectivity index (χ4n) is 1.94. The summed E-state index contributed by atoms with van der Waals surface area (Å²) in [5, 5.41) is 3.22. The molecule has 0 saturated heterocycles. The van der Waals surface area contributed by atoms with Crippen LogP contribution in [0.3, 0.4) is 0 Å².